The Morgan fingerprint density at radius 3 is 2.59 bits per heavy atom. The van der Waals surface area contributed by atoms with Gasteiger partial charge in [0.2, 0.25) is 5.91 Å². The molecule has 7 nitrogen and oxygen atoms in total. The number of esters is 1. The van der Waals surface area contributed by atoms with E-state index in [9.17, 15) is 14.4 Å². The lowest BCUT2D eigenvalue weighted by atomic mass is 9.92. The number of nitrogens with zero attached hydrogens (tertiary/aromatic N) is 1. The van der Waals surface area contributed by atoms with Crippen molar-refractivity contribution in [2.45, 2.75) is 41.0 Å². The molecule has 3 rings (SSSR count). The van der Waals surface area contributed by atoms with Crippen molar-refractivity contribution in [3.05, 3.63) is 48.0 Å². The van der Waals surface area contributed by atoms with Crippen LogP contribution in [0.5, 0.6) is 11.5 Å². The van der Waals surface area contributed by atoms with Crippen molar-refractivity contribution in [2.24, 2.45) is 11.3 Å². The van der Waals surface area contributed by atoms with Crippen LogP contribution in [-0.4, -0.2) is 30.9 Å². The molecule has 0 radical (unpaired) electrons. The third kappa shape index (κ3) is 5.28. The predicted molar refractivity (Wildman–Crippen MR) is 123 cm³/mol. The maximum atomic E-state index is 13.3. The van der Waals surface area contributed by atoms with Crippen LogP contribution in [0.1, 0.15) is 51.4 Å². The molecule has 0 bridgehead atoms. The van der Waals surface area contributed by atoms with E-state index in [0.29, 0.717) is 29.6 Å². The van der Waals surface area contributed by atoms with E-state index < -0.39 is 17.3 Å². The van der Waals surface area contributed by atoms with E-state index in [1.807, 2.05) is 13.8 Å². The van der Waals surface area contributed by atoms with E-state index in [1.165, 1.54) is 6.92 Å². The summed E-state index contributed by atoms with van der Waals surface area (Å²) < 4.78 is 11.1. The molecule has 0 atom stereocenters. The zero-order valence-electron chi connectivity index (χ0n) is 19.2. The molecule has 0 saturated carbocycles. The summed E-state index contributed by atoms with van der Waals surface area (Å²) in [6.07, 6.45) is 0.841. The third-order valence-electron chi connectivity index (χ3n) is 5.24. The average Bonchev–Trinajstić information content (AvgIpc) is 2.81. The molecular weight excluding hydrogens is 408 g/mol. The van der Waals surface area contributed by atoms with E-state index in [2.05, 4.69) is 19.2 Å². The first-order valence-corrected chi connectivity index (χ1v) is 10.8. The number of amides is 2. The number of anilines is 2. The van der Waals surface area contributed by atoms with Gasteiger partial charge in [0.15, 0.2) is 0 Å². The van der Waals surface area contributed by atoms with Gasteiger partial charge >= 0.3 is 5.97 Å². The molecule has 170 valence electrons. The summed E-state index contributed by atoms with van der Waals surface area (Å²) in [6.45, 7) is 10.1. The number of fused-ring (bicyclic) bond motifs is 1. The molecule has 7 heteroatoms. The maximum Gasteiger partial charge on any atom is 0.308 e. The van der Waals surface area contributed by atoms with Crippen LogP contribution in [0.4, 0.5) is 11.4 Å². The number of para-hydroxylation sites is 1. The normalized spacial score (nSPS) is 14.9. The molecule has 1 N–H and O–H groups in total. The Kier molecular flexibility index (Phi) is 6.87. The van der Waals surface area contributed by atoms with Crippen LogP contribution in [-0.2, 0) is 9.59 Å². The summed E-state index contributed by atoms with van der Waals surface area (Å²) in [7, 11) is 0. The van der Waals surface area contributed by atoms with Crippen molar-refractivity contribution in [3.63, 3.8) is 0 Å². The molecule has 2 aromatic rings. The van der Waals surface area contributed by atoms with E-state index in [4.69, 9.17) is 9.47 Å². The second kappa shape index (κ2) is 9.42. The van der Waals surface area contributed by atoms with Gasteiger partial charge in [0.25, 0.3) is 5.91 Å². The number of hydrogen-bond donors (Lipinski definition) is 1. The van der Waals surface area contributed by atoms with Crippen molar-refractivity contribution in [3.8, 4) is 11.5 Å². The number of carbonyl (C=O) groups excluding carboxylic acids is 3. The molecule has 0 aliphatic carbocycles. The minimum absolute atomic E-state index is 0.0134. The topological polar surface area (TPSA) is 84.9 Å². The number of rotatable bonds is 6. The quantitative estimate of drug-likeness (QED) is 0.524. The van der Waals surface area contributed by atoms with Gasteiger partial charge in [0, 0.05) is 19.2 Å². The molecule has 2 aromatic carbocycles. The molecule has 0 aromatic heterocycles. The number of carbonyl (C=O) groups is 3. The fourth-order valence-electron chi connectivity index (χ4n) is 3.43. The van der Waals surface area contributed by atoms with Gasteiger partial charge in [-0.3, -0.25) is 14.4 Å². The summed E-state index contributed by atoms with van der Waals surface area (Å²) >= 11 is 0. The Hall–Kier alpha value is -3.35. The molecule has 32 heavy (non-hydrogen) atoms. The summed E-state index contributed by atoms with van der Waals surface area (Å²) in [6, 6.07) is 11.8. The van der Waals surface area contributed by atoms with E-state index in [1.54, 1.807) is 47.4 Å². The predicted octanol–water partition coefficient (Wildman–Crippen LogP) is 4.66. The van der Waals surface area contributed by atoms with Gasteiger partial charge in [-0.25, -0.2) is 0 Å². The Bertz CT molecular complexity index is 1030. The lowest BCUT2D eigenvalue weighted by Crippen LogP contribution is -2.42. The summed E-state index contributed by atoms with van der Waals surface area (Å²) in [5.41, 5.74) is 0.717. The number of benzene rings is 2. The number of ether oxygens (including phenoxy) is 2. The number of nitrogens with one attached hydrogen (secondary N) is 1. The first-order chi connectivity index (χ1) is 15.1. The largest absolute Gasteiger partial charge is 0.490 e. The lowest BCUT2D eigenvalue weighted by molar-refractivity contribution is -0.132. The van der Waals surface area contributed by atoms with Crippen molar-refractivity contribution < 1.29 is 23.9 Å². The Morgan fingerprint density at radius 1 is 1.19 bits per heavy atom. The molecule has 2 amide bonds. The minimum atomic E-state index is -0.664. The van der Waals surface area contributed by atoms with Gasteiger partial charge in [0.1, 0.15) is 18.1 Å². The highest BCUT2D eigenvalue weighted by Gasteiger charge is 2.37. The number of hydrogen-bond acceptors (Lipinski definition) is 5. The van der Waals surface area contributed by atoms with E-state index >= 15 is 0 Å². The first-order valence-electron chi connectivity index (χ1n) is 10.8. The van der Waals surface area contributed by atoms with Crippen molar-refractivity contribution in [2.75, 3.05) is 23.4 Å². The zero-order valence-corrected chi connectivity index (χ0v) is 19.2. The minimum Gasteiger partial charge on any atom is -0.490 e. The zero-order chi connectivity index (χ0) is 23.5. The third-order valence-corrected chi connectivity index (χ3v) is 5.24. The van der Waals surface area contributed by atoms with Gasteiger partial charge in [-0.05, 0) is 56.5 Å². The van der Waals surface area contributed by atoms with Gasteiger partial charge in [0.05, 0.1) is 16.7 Å². The molecule has 0 saturated heterocycles. The molecule has 1 heterocycles. The highest BCUT2D eigenvalue weighted by atomic mass is 16.5. The van der Waals surface area contributed by atoms with Crippen LogP contribution in [0.15, 0.2) is 42.5 Å². The van der Waals surface area contributed by atoms with Gasteiger partial charge in [-0.2, -0.15) is 0 Å². The Labute approximate surface area is 188 Å². The van der Waals surface area contributed by atoms with Crippen LogP contribution in [0, 0.1) is 11.3 Å². The van der Waals surface area contributed by atoms with Crippen molar-refractivity contribution in [1.29, 1.82) is 0 Å². The second-order valence-corrected chi connectivity index (χ2v) is 9.04. The smallest absolute Gasteiger partial charge is 0.308 e. The van der Waals surface area contributed by atoms with Crippen molar-refractivity contribution >= 4 is 29.2 Å². The average molecular weight is 439 g/mol. The monoisotopic (exact) mass is 438 g/mol. The summed E-state index contributed by atoms with van der Waals surface area (Å²) in [5, 5.41) is 2.84. The lowest BCUT2D eigenvalue weighted by Gasteiger charge is -2.28. The molecule has 1 aliphatic heterocycles. The van der Waals surface area contributed by atoms with Crippen LogP contribution in [0.3, 0.4) is 0 Å². The second-order valence-electron chi connectivity index (χ2n) is 9.04. The molecule has 0 unspecified atom stereocenters. The SMILES string of the molecule is CC(=O)Oc1ccccc1C(=O)Nc1ccc2c(c1)N(CCC(C)C)C(=O)C(C)(C)CO2. The fraction of sp³-hybridized carbons (Fsp3) is 0.400. The molecule has 1 aliphatic rings. The van der Waals surface area contributed by atoms with Crippen molar-refractivity contribution in [1.82, 2.24) is 0 Å². The van der Waals surface area contributed by atoms with E-state index in [-0.39, 0.29) is 23.8 Å². The standard InChI is InChI=1S/C25H30N2O5/c1-16(2)12-13-27-20-14-18(10-11-22(20)31-15-25(4,5)24(27)30)26-23(29)19-8-6-7-9-21(19)32-17(3)28/h6-11,14,16H,12-13,15H2,1-5H3,(H,26,29). The molecular formula is C25H30N2O5. The van der Waals surface area contributed by atoms with Crippen LogP contribution < -0.4 is 19.7 Å². The fourth-order valence-corrected chi connectivity index (χ4v) is 3.43. The van der Waals surface area contributed by atoms with Crippen LogP contribution >= 0.6 is 0 Å². The summed E-state index contributed by atoms with van der Waals surface area (Å²) in [5.74, 6) is 0.280. The Balaban J connectivity index is 1.92. The molecule has 0 spiro atoms. The van der Waals surface area contributed by atoms with Gasteiger partial charge in [-0.15, -0.1) is 0 Å². The Morgan fingerprint density at radius 2 is 1.91 bits per heavy atom. The molecule has 0 fully saturated rings. The van der Waals surface area contributed by atoms with Crippen LogP contribution in [0.2, 0.25) is 0 Å². The highest BCUT2D eigenvalue weighted by molar-refractivity contribution is 6.07. The first kappa shape index (κ1) is 23.3. The summed E-state index contributed by atoms with van der Waals surface area (Å²) in [4.78, 5) is 39.3. The van der Waals surface area contributed by atoms with Gasteiger partial charge in [-0.1, -0.05) is 26.0 Å². The van der Waals surface area contributed by atoms with E-state index in [0.717, 1.165) is 6.42 Å². The van der Waals surface area contributed by atoms with Gasteiger partial charge < -0.3 is 19.7 Å². The maximum absolute atomic E-state index is 13.3. The highest BCUT2D eigenvalue weighted by Crippen LogP contribution is 2.38. The van der Waals surface area contributed by atoms with Crippen LogP contribution in [0.25, 0.3) is 0 Å².